The van der Waals surface area contributed by atoms with Crippen molar-refractivity contribution < 1.29 is 5.11 Å². The lowest BCUT2D eigenvalue weighted by Crippen LogP contribution is -2.21. The summed E-state index contributed by atoms with van der Waals surface area (Å²) in [4.78, 5) is 0. The van der Waals surface area contributed by atoms with Crippen molar-refractivity contribution in [2.24, 2.45) is 5.41 Å². The van der Waals surface area contributed by atoms with Crippen molar-refractivity contribution in [1.29, 1.82) is 0 Å². The minimum Gasteiger partial charge on any atom is -0.388 e. The van der Waals surface area contributed by atoms with Crippen LogP contribution in [0.25, 0.3) is 10.1 Å². The third kappa shape index (κ3) is 1.80. The van der Waals surface area contributed by atoms with Crippen LogP contribution in [-0.4, -0.2) is 5.11 Å². The predicted molar refractivity (Wildman–Crippen MR) is 73.4 cm³/mol. The number of aliphatic hydroxyl groups is 1. The Bertz CT molecular complexity index is 522. The highest BCUT2D eigenvalue weighted by atomic mass is 32.1. The molecule has 1 heterocycles. The third-order valence-corrected chi connectivity index (χ3v) is 5.19. The van der Waals surface area contributed by atoms with E-state index in [9.17, 15) is 5.11 Å². The molecule has 0 aliphatic heterocycles. The molecule has 17 heavy (non-hydrogen) atoms. The van der Waals surface area contributed by atoms with E-state index in [1.165, 1.54) is 22.9 Å². The zero-order valence-electron chi connectivity index (χ0n) is 10.1. The number of benzene rings is 1. The molecule has 1 nitrogen and oxygen atoms in total. The summed E-state index contributed by atoms with van der Waals surface area (Å²) in [6.07, 6.45) is 4.52. The average Bonchev–Trinajstić information content (AvgIpc) is 2.95. The van der Waals surface area contributed by atoms with Gasteiger partial charge in [-0.25, -0.2) is 0 Å². The molecule has 3 rings (SSSR count). The van der Waals surface area contributed by atoms with Crippen molar-refractivity contribution in [2.75, 3.05) is 0 Å². The molecule has 1 unspecified atom stereocenters. The number of hydrogen-bond donors (Lipinski definition) is 1. The molecule has 0 amide bonds. The summed E-state index contributed by atoms with van der Waals surface area (Å²) in [7, 11) is 0. The van der Waals surface area contributed by atoms with Crippen molar-refractivity contribution >= 4 is 21.4 Å². The molecule has 1 saturated carbocycles. The summed E-state index contributed by atoms with van der Waals surface area (Å²) in [5.74, 6) is 0. The maximum atomic E-state index is 10.7. The van der Waals surface area contributed by atoms with Crippen molar-refractivity contribution in [1.82, 2.24) is 0 Å². The van der Waals surface area contributed by atoms with Gasteiger partial charge >= 0.3 is 0 Å². The van der Waals surface area contributed by atoms with Crippen LogP contribution in [0.2, 0.25) is 0 Å². The Morgan fingerprint density at radius 2 is 1.94 bits per heavy atom. The smallest absolute Gasteiger partial charge is 0.0857 e. The molecule has 2 aromatic rings. The molecule has 1 aliphatic rings. The highest BCUT2D eigenvalue weighted by Crippen LogP contribution is 2.49. The van der Waals surface area contributed by atoms with E-state index in [1.807, 2.05) is 0 Å². The SMILES string of the molecule is CC1(C(O)c2csc3ccccc23)CCCC1. The largest absolute Gasteiger partial charge is 0.388 e. The van der Waals surface area contributed by atoms with Gasteiger partial charge in [0.05, 0.1) is 6.10 Å². The van der Waals surface area contributed by atoms with Gasteiger partial charge in [0.1, 0.15) is 0 Å². The Kier molecular flexibility index (Phi) is 2.72. The number of aliphatic hydroxyl groups excluding tert-OH is 1. The summed E-state index contributed by atoms with van der Waals surface area (Å²) in [6.45, 7) is 2.23. The first-order valence-electron chi connectivity index (χ1n) is 6.35. The molecule has 90 valence electrons. The van der Waals surface area contributed by atoms with E-state index in [1.54, 1.807) is 11.3 Å². The quantitative estimate of drug-likeness (QED) is 0.826. The Morgan fingerprint density at radius 1 is 1.24 bits per heavy atom. The van der Waals surface area contributed by atoms with Gasteiger partial charge in [-0.15, -0.1) is 11.3 Å². The summed E-state index contributed by atoms with van der Waals surface area (Å²) in [5.41, 5.74) is 1.22. The molecule has 1 aromatic heterocycles. The molecule has 1 atom stereocenters. The predicted octanol–water partition coefficient (Wildman–Crippen LogP) is 4.52. The molecular weight excluding hydrogens is 228 g/mol. The Morgan fingerprint density at radius 3 is 2.71 bits per heavy atom. The summed E-state index contributed by atoms with van der Waals surface area (Å²) in [5, 5.41) is 14.0. The minimum atomic E-state index is -0.304. The number of fused-ring (bicyclic) bond motifs is 1. The van der Waals surface area contributed by atoms with Crippen LogP contribution < -0.4 is 0 Å². The van der Waals surface area contributed by atoms with E-state index >= 15 is 0 Å². The summed E-state index contributed by atoms with van der Waals surface area (Å²) >= 11 is 1.74. The molecule has 1 N–H and O–H groups in total. The maximum Gasteiger partial charge on any atom is 0.0857 e. The minimum absolute atomic E-state index is 0.0871. The molecular formula is C15H18OS. The van der Waals surface area contributed by atoms with Crippen LogP contribution >= 0.6 is 11.3 Å². The average molecular weight is 246 g/mol. The second kappa shape index (κ2) is 4.11. The van der Waals surface area contributed by atoms with Crippen molar-refractivity contribution in [2.45, 2.75) is 38.7 Å². The van der Waals surface area contributed by atoms with Gasteiger partial charge in [0.25, 0.3) is 0 Å². The molecule has 0 saturated heterocycles. The van der Waals surface area contributed by atoms with Crippen LogP contribution in [0.1, 0.15) is 44.3 Å². The van der Waals surface area contributed by atoms with Gasteiger partial charge in [0, 0.05) is 4.70 Å². The highest BCUT2D eigenvalue weighted by Gasteiger charge is 2.37. The fraction of sp³-hybridized carbons (Fsp3) is 0.467. The second-order valence-electron chi connectivity index (χ2n) is 5.45. The normalized spacial score (nSPS) is 20.8. The van der Waals surface area contributed by atoms with Crippen LogP contribution in [0.15, 0.2) is 29.6 Å². The van der Waals surface area contributed by atoms with Crippen molar-refractivity contribution in [3.05, 3.63) is 35.2 Å². The van der Waals surface area contributed by atoms with Crippen LogP contribution in [-0.2, 0) is 0 Å². The zero-order valence-corrected chi connectivity index (χ0v) is 11.0. The lowest BCUT2D eigenvalue weighted by atomic mass is 9.79. The van der Waals surface area contributed by atoms with Gasteiger partial charge in [-0.1, -0.05) is 38.0 Å². The fourth-order valence-corrected chi connectivity index (χ4v) is 4.02. The first kappa shape index (κ1) is 11.2. The molecule has 0 radical (unpaired) electrons. The molecule has 2 heteroatoms. The maximum absolute atomic E-state index is 10.7. The van der Waals surface area contributed by atoms with Gasteiger partial charge < -0.3 is 5.11 Å². The molecule has 0 bridgehead atoms. The Hall–Kier alpha value is -0.860. The van der Waals surface area contributed by atoms with Gasteiger partial charge in [0.15, 0.2) is 0 Å². The zero-order chi connectivity index (χ0) is 11.9. The van der Waals surface area contributed by atoms with E-state index in [4.69, 9.17) is 0 Å². The topological polar surface area (TPSA) is 20.2 Å². The van der Waals surface area contributed by atoms with Gasteiger partial charge in [-0.05, 0) is 40.7 Å². The van der Waals surface area contributed by atoms with E-state index in [2.05, 4.69) is 36.6 Å². The number of rotatable bonds is 2. The van der Waals surface area contributed by atoms with Crippen molar-refractivity contribution in [3.8, 4) is 0 Å². The van der Waals surface area contributed by atoms with Gasteiger partial charge in [-0.3, -0.25) is 0 Å². The second-order valence-corrected chi connectivity index (χ2v) is 6.36. The van der Waals surface area contributed by atoms with Crippen LogP contribution in [0.3, 0.4) is 0 Å². The first-order chi connectivity index (χ1) is 8.21. The van der Waals surface area contributed by atoms with Crippen LogP contribution in [0, 0.1) is 5.41 Å². The monoisotopic (exact) mass is 246 g/mol. The Balaban J connectivity index is 2.03. The lowest BCUT2D eigenvalue weighted by molar-refractivity contribution is 0.0423. The molecule has 0 spiro atoms. The van der Waals surface area contributed by atoms with E-state index in [0.29, 0.717) is 0 Å². The van der Waals surface area contributed by atoms with E-state index in [-0.39, 0.29) is 11.5 Å². The van der Waals surface area contributed by atoms with Crippen LogP contribution in [0.4, 0.5) is 0 Å². The molecule has 1 fully saturated rings. The molecule has 1 aliphatic carbocycles. The Labute approximate surface area is 106 Å². The van der Waals surface area contributed by atoms with E-state index < -0.39 is 0 Å². The third-order valence-electron chi connectivity index (χ3n) is 4.21. The fourth-order valence-electron chi connectivity index (χ4n) is 3.04. The van der Waals surface area contributed by atoms with Crippen molar-refractivity contribution in [3.63, 3.8) is 0 Å². The van der Waals surface area contributed by atoms with Gasteiger partial charge in [0.2, 0.25) is 0 Å². The first-order valence-corrected chi connectivity index (χ1v) is 7.23. The van der Waals surface area contributed by atoms with Crippen LogP contribution in [0.5, 0.6) is 0 Å². The van der Waals surface area contributed by atoms with E-state index in [0.717, 1.165) is 18.4 Å². The highest BCUT2D eigenvalue weighted by molar-refractivity contribution is 7.17. The molecule has 1 aromatic carbocycles. The number of hydrogen-bond acceptors (Lipinski definition) is 2. The lowest BCUT2D eigenvalue weighted by Gasteiger charge is -2.29. The summed E-state index contributed by atoms with van der Waals surface area (Å²) in [6, 6.07) is 8.38. The number of thiophene rings is 1. The summed E-state index contributed by atoms with van der Waals surface area (Å²) < 4.78 is 1.28. The van der Waals surface area contributed by atoms with Gasteiger partial charge in [-0.2, -0.15) is 0 Å². The standard InChI is InChI=1S/C15H18OS/c1-15(8-4-5-9-15)14(16)12-10-17-13-7-3-2-6-11(12)13/h2-3,6-7,10,14,16H,4-5,8-9H2,1H3.